The van der Waals surface area contributed by atoms with Crippen LogP contribution in [0.1, 0.15) is 41.2 Å². The number of aryl methyl sites for hydroxylation is 2. The molecule has 1 heterocycles. The molecule has 0 spiro atoms. The molecule has 0 aliphatic rings. The Labute approximate surface area is 124 Å². The van der Waals surface area contributed by atoms with Gasteiger partial charge in [0.05, 0.1) is 11.3 Å². The van der Waals surface area contributed by atoms with E-state index in [0.29, 0.717) is 17.9 Å². The lowest BCUT2D eigenvalue weighted by molar-refractivity contribution is 0.0943. The fourth-order valence-electron chi connectivity index (χ4n) is 1.91. The van der Waals surface area contributed by atoms with Gasteiger partial charge in [-0.1, -0.05) is 5.16 Å². The molecule has 0 fully saturated rings. The molecular formula is C16H20N2O3. The number of carbonyl (C=O) groups excluding carboxylic acids is 1. The highest BCUT2D eigenvalue weighted by Crippen LogP contribution is 2.18. The first-order valence-corrected chi connectivity index (χ1v) is 6.93. The van der Waals surface area contributed by atoms with Gasteiger partial charge < -0.3 is 14.6 Å². The van der Waals surface area contributed by atoms with Gasteiger partial charge in [-0.05, 0) is 52.0 Å². The minimum atomic E-state index is -0.0812. The summed E-state index contributed by atoms with van der Waals surface area (Å²) in [5, 5.41) is 6.73. The first-order chi connectivity index (χ1) is 9.97. The second-order valence-electron chi connectivity index (χ2n) is 5.24. The number of hydrogen-bond donors (Lipinski definition) is 1. The van der Waals surface area contributed by atoms with Gasteiger partial charge in [-0.15, -0.1) is 0 Å². The van der Waals surface area contributed by atoms with Crippen molar-refractivity contribution in [3.05, 3.63) is 46.8 Å². The van der Waals surface area contributed by atoms with E-state index in [1.54, 1.807) is 24.3 Å². The Morgan fingerprint density at radius 2 is 1.95 bits per heavy atom. The van der Waals surface area contributed by atoms with Crippen molar-refractivity contribution in [2.75, 3.05) is 0 Å². The van der Waals surface area contributed by atoms with Crippen molar-refractivity contribution in [1.29, 1.82) is 0 Å². The number of ether oxygens (including phenoxy) is 1. The topological polar surface area (TPSA) is 64.4 Å². The van der Waals surface area contributed by atoms with E-state index >= 15 is 0 Å². The van der Waals surface area contributed by atoms with Gasteiger partial charge in [0.15, 0.2) is 0 Å². The Bertz CT molecular complexity index is 595. The molecule has 1 aromatic carbocycles. The van der Waals surface area contributed by atoms with Gasteiger partial charge in [0.25, 0.3) is 5.91 Å². The van der Waals surface area contributed by atoms with Crippen LogP contribution >= 0.6 is 0 Å². The molecule has 5 heteroatoms. The molecule has 1 N–H and O–H groups in total. The van der Waals surface area contributed by atoms with E-state index in [1.165, 1.54) is 0 Å². The Kier molecular flexibility index (Phi) is 4.62. The van der Waals surface area contributed by atoms with Crippen molar-refractivity contribution in [3.63, 3.8) is 0 Å². The van der Waals surface area contributed by atoms with Gasteiger partial charge in [-0.25, -0.2) is 0 Å². The smallest absolute Gasteiger partial charge is 0.251 e. The molecule has 2 aromatic rings. The average molecular weight is 288 g/mol. The summed E-state index contributed by atoms with van der Waals surface area (Å²) in [6, 6.07) is 7.19. The average Bonchev–Trinajstić information content (AvgIpc) is 2.75. The highest BCUT2D eigenvalue weighted by molar-refractivity contribution is 5.94. The molecule has 0 unspecified atom stereocenters. The second-order valence-corrected chi connectivity index (χ2v) is 5.24. The van der Waals surface area contributed by atoms with E-state index in [1.807, 2.05) is 27.7 Å². The molecule has 0 aliphatic carbocycles. The van der Waals surface area contributed by atoms with Gasteiger partial charge in [0.1, 0.15) is 18.1 Å². The van der Waals surface area contributed by atoms with Crippen LogP contribution < -0.4 is 10.1 Å². The van der Waals surface area contributed by atoms with E-state index in [9.17, 15) is 4.79 Å². The summed E-state index contributed by atoms with van der Waals surface area (Å²) in [6.45, 7) is 8.00. The SMILES string of the molecule is Cc1noc(C)c1COc1ccc(C(=O)NC(C)C)cc1. The van der Waals surface area contributed by atoms with E-state index in [4.69, 9.17) is 9.26 Å². The maximum atomic E-state index is 11.8. The van der Waals surface area contributed by atoms with Crippen molar-refractivity contribution >= 4 is 5.91 Å². The van der Waals surface area contributed by atoms with Crippen LogP contribution in [-0.2, 0) is 6.61 Å². The van der Waals surface area contributed by atoms with Gasteiger partial charge in [0.2, 0.25) is 0 Å². The van der Waals surface area contributed by atoms with Crippen LogP contribution in [-0.4, -0.2) is 17.1 Å². The number of nitrogens with one attached hydrogen (secondary N) is 1. The fourth-order valence-corrected chi connectivity index (χ4v) is 1.91. The molecule has 21 heavy (non-hydrogen) atoms. The van der Waals surface area contributed by atoms with Crippen LogP contribution in [0, 0.1) is 13.8 Å². The Morgan fingerprint density at radius 3 is 2.48 bits per heavy atom. The zero-order valence-corrected chi connectivity index (χ0v) is 12.8. The van der Waals surface area contributed by atoms with Gasteiger partial charge in [-0.2, -0.15) is 0 Å². The van der Waals surface area contributed by atoms with Crippen LogP contribution in [0.25, 0.3) is 0 Å². The summed E-state index contributed by atoms with van der Waals surface area (Å²) >= 11 is 0. The van der Waals surface area contributed by atoms with E-state index < -0.39 is 0 Å². The largest absolute Gasteiger partial charge is 0.489 e. The number of benzene rings is 1. The van der Waals surface area contributed by atoms with Crippen LogP contribution in [0.4, 0.5) is 0 Å². The summed E-state index contributed by atoms with van der Waals surface area (Å²) in [4.78, 5) is 11.8. The van der Waals surface area contributed by atoms with Gasteiger partial charge in [-0.3, -0.25) is 4.79 Å². The minimum absolute atomic E-state index is 0.0812. The summed E-state index contributed by atoms with van der Waals surface area (Å²) in [5.74, 6) is 1.39. The fraction of sp³-hybridized carbons (Fsp3) is 0.375. The zero-order valence-electron chi connectivity index (χ0n) is 12.8. The monoisotopic (exact) mass is 288 g/mol. The summed E-state index contributed by atoms with van der Waals surface area (Å²) in [7, 11) is 0. The Balaban J connectivity index is 1.98. The van der Waals surface area contributed by atoms with Crippen LogP contribution in [0.15, 0.2) is 28.8 Å². The predicted molar refractivity (Wildman–Crippen MR) is 79.4 cm³/mol. The number of amides is 1. The predicted octanol–water partition coefficient (Wildman–Crippen LogP) is 3.01. The number of rotatable bonds is 5. The summed E-state index contributed by atoms with van der Waals surface area (Å²) in [6.07, 6.45) is 0. The molecule has 1 aromatic heterocycles. The maximum absolute atomic E-state index is 11.8. The van der Waals surface area contributed by atoms with Crippen LogP contribution in [0.5, 0.6) is 5.75 Å². The molecule has 0 saturated heterocycles. The standard InChI is InChI=1S/C16H20N2O3/c1-10(2)17-16(19)13-5-7-14(8-6-13)20-9-15-11(3)18-21-12(15)4/h5-8,10H,9H2,1-4H3,(H,17,19). The highest BCUT2D eigenvalue weighted by atomic mass is 16.5. The van der Waals surface area contributed by atoms with E-state index in [2.05, 4.69) is 10.5 Å². The molecular weight excluding hydrogens is 268 g/mol. The molecule has 2 rings (SSSR count). The molecule has 112 valence electrons. The summed E-state index contributed by atoms with van der Waals surface area (Å²) in [5.41, 5.74) is 2.41. The first kappa shape index (κ1) is 15.1. The van der Waals surface area contributed by atoms with Crippen molar-refractivity contribution in [2.45, 2.75) is 40.3 Å². The molecule has 0 radical (unpaired) electrons. The lowest BCUT2D eigenvalue weighted by Gasteiger charge is -2.09. The molecule has 0 bridgehead atoms. The minimum Gasteiger partial charge on any atom is -0.489 e. The third kappa shape index (κ3) is 3.84. The van der Waals surface area contributed by atoms with Crippen molar-refractivity contribution in [3.8, 4) is 5.75 Å². The maximum Gasteiger partial charge on any atom is 0.251 e. The zero-order chi connectivity index (χ0) is 15.4. The van der Waals surface area contributed by atoms with Crippen molar-refractivity contribution in [2.24, 2.45) is 0 Å². The van der Waals surface area contributed by atoms with Gasteiger partial charge >= 0.3 is 0 Å². The van der Waals surface area contributed by atoms with Gasteiger partial charge in [0, 0.05) is 11.6 Å². The third-order valence-electron chi connectivity index (χ3n) is 3.10. The van der Waals surface area contributed by atoms with Crippen molar-refractivity contribution in [1.82, 2.24) is 10.5 Å². The number of nitrogens with zero attached hydrogens (tertiary/aromatic N) is 1. The van der Waals surface area contributed by atoms with Crippen LogP contribution in [0.2, 0.25) is 0 Å². The van der Waals surface area contributed by atoms with E-state index in [0.717, 1.165) is 17.0 Å². The van der Waals surface area contributed by atoms with Crippen LogP contribution in [0.3, 0.4) is 0 Å². The van der Waals surface area contributed by atoms with Crippen molar-refractivity contribution < 1.29 is 14.1 Å². The lowest BCUT2D eigenvalue weighted by atomic mass is 10.2. The molecule has 0 atom stereocenters. The van der Waals surface area contributed by atoms with E-state index in [-0.39, 0.29) is 11.9 Å². The molecule has 1 amide bonds. The quantitative estimate of drug-likeness (QED) is 0.918. The Morgan fingerprint density at radius 1 is 1.29 bits per heavy atom. The third-order valence-corrected chi connectivity index (χ3v) is 3.10. The lowest BCUT2D eigenvalue weighted by Crippen LogP contribution is -2.29. The Hall–Kier alpha value is -2.30. The number of aromatic nitrogens is 1. The second kappa shape index (κ2) is 6.43. The number of hydrogen-bond acceptors (Lipinski definition) is 4. The highest BCUT2D eigenvalue weighted by Gasteiger charge is 2.10. The normalized spacial score (nSPS) is 10.7. The molecule has 0 saturated carbocycles. The molecule has 5 nitrogen and oxygen atoms in total. The summed E-state index contributed by atoms with van der Waals surface area (Å²) < 4.78 is 10.8. The number of carbonyl (C=O) groups is 1. The molecule has 0 aliphatic heterocycles. The first-order valence-electron chi connectivity index (χ1n) is 6.93.